The van der Waals surface area contributed by atoms with Crippen molar-refractivity contribution in [2.75, 3.05) is 0 Å². The summed E-state index contributed by atoms with van der Waals surface area (Å²) in [5, 5.41) is 16.1. The largest absolute Gasteiger partial charge is 0.478 e. The van der Waals surface area contributed by atoms with E-state index in [0.717, 1.165) is 12.8 Å². The van der Waals surface area contributed by atoms with Crippen LogP contribution in [0, 0.1) is 0 Å². The molecule has 6 nitrogen and oxygen atoms in total. The first-order chi connectivity index (χ1) is 7.86. The molecule has 1 saturated carbocycles. The summed E-state index contributed by atoms with van der Waals surface area (Å²) in [6.45, 7) is 4.49. The Kier molecular flexibility index (Phi) is 6.32. The van der Waals surface area contributed by atoms with Gasteiger partial charge in [0, 0.05) is 17.7 Å². The number of carboxylic acid groups (broad SMARTS) is 2. The second kappa shape index (κ2) is 7.21. The summed E-state index contributed by atoms with van der Waals surface area (Å²) in [4.78, 5) is 30.0. The van der Waals surface area contributed by atoms with Gasteiger partial charge >= 0.3 is 17.9 Å². The van der Waals surface area contributed by atoms with Crippen LogP contribution in [-0.4, -0.2) is 34.2 Å². The predicted octanol–water partition coefficient (Wildman–Crippen LogP) is 0.980. The van der Waals surface area contributed by atoms with Crippen LogP contribution in [0.4, 0.5) is 0 Å². The number of carbonyl (C=O) groups is 3. The molecule has 0 radical (unpaired) electrons. The normalized spacial score (nSPS) is 14.1. The third-order valence-electron chi connectivity index (χ3n) is 1.65. The smallest absolute Gasteiger partial charge is 0.331 e. The third-order valence-corrected chi connectivity index (χ3v) is 1.65. The van der Waals surface area contributed by atoms with Crippen molar-refractivity contribution in [1.29, 1.82) is 0 Å². The molecule has 2 N–H and O–H groups in total. The number of rotatable bonds is 4. The second-order valence-corrected chi connectivity index (χ2v) is 3.31. The first-order valence-electron chi connectivity index (χ1n) is 4.84. The average molecular weight is 242 g/mol. The molecule has 0 aliphatic heterocycles. The van der Waals surface area contributed by atoms with Gasteiger partial charge in [-0.2, -0.15) is 0 Å². The number of aliphatic carboxylic acids is 2. The average Bonchev–Trinajstić information content (AvgIpc) is 3.01. The Labute approximate surface area is 98.2 Å². The Morgan fingerprint density at radius 3 is 2.06 bits per heavy atom. The zero-order valence-corrected chi connectivity index (χ0v) is 9.38. The van der Waals surface area contributed by atoms with E-state index in [2.05, 4.69) is 6.58 Å². The fourth-order valence-corrected chi connectivity index (χ4v) is 0.645. The van der Waals surface area contributed by atoms with E-state index < -0.39 is 11.9 Å². The summed E-state index contributed by atoms with van der Waals surface area (Å²) in [5.74, 6) is -2.75. The van der Waals surface area contributed by atoms with E-state index in [1.807, 2.05) is 0 Å². The van der Waals surface area contributed by atoms with E-state index in [0.29, 0.717) is 6.08 Å². The van der Waals surface area contributed by atoms with Crippen molar-refractivity contribution in [2.45, 2.75) is 25.9 Å². The van der Waals surface area contributed by atoms with Crippen molar-refractivity contribution >= 4 is 17.9 Å². The molecular formula is C11H14O6. The van der Waals surface area contributed by atoms with Crippen LogP contribution in [0.25, 0.3) is 0 Å². The Hall–Kier alpha value is -2.11. The molecule has 0 spiro atoms. The molecule has 0 aromatic rings. The zero-order chi connectivity index (χ0) is 13.4. The highest BCUT2D eigenvalue weighted by atomic mass is 16.5. The molecule has 0 aromatic heterocycles. The van der Waals surface area contributed by atoms with Gasteiger partial charge in [-0.05, 0) is 19.8 Å². The maximum absolute atomic E-state index is 10.3. The van der Waals surface area contributed by atoms with Crippen LogP contribution in [-0.2, 0) is 19.1 Å². The molecule has 6 heteroatoms. The minimum Gasteiger partial charge on any atom is -0.478 e. The van der Waals surface area contributed by atoms with Gasteiger partial charge in [0.25, 0.3) is 0 Å². The van der Waals surface area contributed by atoms with Crippen LogP contribution < -0.4 is 0 Å². The molecule has 1 rings (SSSR count). The molecule has 17 heavy (non-hydrogen) atoms. The molecule has 0 saturated heterocycles. The van der Waals surface area contributed by atoms with Crippen LogP contribution in [0.2, 0.25) is 0 Å². The van der Waals surface area contributed by atoms with Gasteiger partial charge in [-0.3, -0.25) is 0 Å². The van der Waals surface area contributed by atoms with Crippen LogP contribution in [0.5, 0.6) is 0 Å². The van der Waals surface area contributed by atoms with Crippen molar-refractivity contribution in [2.24, 2.45) is 0 Å². The lowest BCUT2D eigenvalue weighted by Gasteiger charge is -1.93. The minimum atomic E-state index is -1.24. The van der Waals surface area contributed by atoms with E-state index in [1.54, 1.807) is 0 Å². The van der Waals surface area contributed by atoms with Gasteiger partial charge in [-0.15, -0.1) is 0 Å². The first kappa shape index (κ1) is 14.9. The van der Waals surface area contributed by atoms with Crippen LogP contribution in [0.15, 0.2) is 24.3 Å². The molecule has 1 fully saturated rings. The quantitative estimate of drug-likeness (QED) is 0.563. The molecule has 0 unspecified atom stereocenters. The van der Waals surface area contributed by atoms with Crippen molar-refractivity contribution in [3.05, 3.63) is 24.3 Å². The van der Waals surface area contributed by atoms with Crippen LogP contribution in [0.3, 0.4) is 0 Å². The molecule has 0 aromatic carbocycles. The van der Waals surface area contributed by atoms with Gasteiger partial charge < -0.3 is 14.9 Å². The number of hydrogen-bond donors (Lipinski definition) is 2. The highest BCUT2D eigenvalue weighted by Gasteiger charge is 2.24. The number of carboxylic acids is 2. The molecule has 1 aliphatic carbocycles. The van der Waals surface area contributed by atoms with E-state index in [-0.39, 0.29) is 17.6 Å². The minimum absolute atomic E-state index is 0.178. The summed E-state index contributed by atoms with van der Waals surface area (Å²) in [5.41, 5.74) is -0.178. The second-order valence-electron chi connectivity index (χ2n) is 3.31. The van der Waals surface area contributed by atoms with E-state index in [4.69, 9.17) is 14.9 Å². The standard InChI is InChI=1S/C6H8O2.C5H6O4/c1-2-6(7)8-5-3-4-5;1-3(5(8)9)2-4(6)7/h2,5H,1,3-4H2;2H,1H3,(H,6,7)(H,8,9)/b;3-2-. The van der Waals surface area contributed by atoms with Crippen molar-refractivity contribution in [3.8, 4) is 0 Å². The Morgan fingerprint density at radius 1 is 1.29 bits per heavy atom. The van der Waals surface area contributed by atoms with Crippen LogP contribution >= 0.6 is 0 Å². The molecule has 94 valence electrons. The van der Waals surface area contributed by atoms with E-state index >= 15 is 0 Å². The fourth-order valence-electron chi connectivity index (χ4n) is 0.645. The molecule has 0 atom stereocenters. The van der Waals surface area contributed by atoms with Gasteiger partial charge in [-0.25, -0.2) is 14.4 Å². The third kappa shape index (κ3) is 8.86. The summed E-state index contributed by atoms with van der Waals surface area (Å²) in [6.07, 6.45) is 4.10. The van der Waals surface area contributed by atoms with Gasteiger partial charge in [0.1, 0.15) is 6.10 Å². The fraction of sp³-hybridized carbons (Fsp3) is 0.364. The van der Waals surface area contributed by atoms with Gasteiger partial charge in [-0.1, -0.05) is 6.58 Å². The lowest BCUT2D eigenvalue weighted by molar-refractivity contribution is -0.139. The first-order valence-corrected chi connectivity index (χ1v) is 4.84. The Bertz CT molecular complexity index is 351. The van der Waals surface area contributed by atoms with Gasteiger partial charge in [0.15, 0.2) is 0 Å². The lowest BCUT2D eigenvalue weighted by Crippen LogP contribution is -2.00. The van der Waals surface area contributed by atoms with Crippen LogP contribution in [0.1, 0.15) is 19.8 Å². The highest BCUT2D eigenvalue weighted by Crippen LogP contribution is 2.23. The maximum Gasteiger partial charge on any atom is 0.331 e. The molecule has 0 heterocycles. The maximum atomic E-state index is 10.3. The summed E-state index contributed by atoms with van der Waals surface area (Å²) < 4.78 is 4.75. The number of carbonyl (C=O) groups excluding carboxylic acids is 1. The zero-order valence-electron chi connectivity index (χ0n) is 9.38. The van der Waals surface area contributed by atoms with E-state index in [9.17, 15) is 14.4 Å². The van der Waals surface area contributed by atoms with Gasteiger partial charge in [0.2, 0.25) is 0 Å². The molecule has 0 amide bonds. The summed E-state index contributed by atoms with van der Waals surface area (Å²) in [7, 11) is 0. The van der Waals surface area contributed by atoms with E-state index in [1.165, 1.54) is 13.0 Å². The predicted molar refractivity (Wildman–Crippen MR) is 58.3 cm³/mol. The SMILES string of the molecule is C/C(=C/C(=O)O)C(=O)O.C=CC(=O)OC1CC1. The summed E-state index contributed by atoms with van der Waals surface area (Å²) >= 11 is 0. The Balaban J connectivity index is 0.000000302. The number of esters is 1. The topological polar surface area (TPSA) is 101 Å². The van der Waals surface area contributed by atoms with Crippen molar-refractivity contribution < 1.29 is 29.3 Å². The van der Waals surface area contributed by atoms with Gasteiger partial charge in [0.05, 0.1) is 0 Å². The highest BCUT2D eigenvalue weighted by molar-refractivity contribution is 5.93. The number of ether oxygens (including phenoxy) is 1. The Morgan fingerprint density at radius 2 is 1.82 bits per heavy atom. The summed E-state index contributed by atoms with van der Waals surface area (Å²) in [6, 6.07) is 0. The van der Waals surface area contributed by atoms with Crippen molar-refractivity contribution in [3.63, 3.8) is 0 Å². The monoisotopic (exact) mass is 242 g/mol. The molecular weight excluding hydrogens is 228 g/mol. The molecule has 0 bridgehead atoms. The lowest BCUT2D eigenvalue weighted by atomic mass is 10.3. The number of hydrogen-bond acceptors (Lipinski definition) is 4. The van der Waals surface area contributed by atoms with Crippen molar-refractivity contribution in [1.82, 2.24) is 0 Å². The molecule has 1 aliphatic rings.